The topological polar surface area (TPSA) is 120 Å². The molecule has 0 saturated heterocycles. The largest absolute Gasteiger partial charge is 0.482 e. The van der Waals surface area contributed by atoms with Crippen molar-refractivity contribution in [1.82, 2.24) is 15.4 Å². The summed E-state index contributed by atoms with van der Waals surface area (Å²) >= 11 is 11.8. The number of hydrogen-bond acceptors (Lipinski definition) is 7. The van der Waals surface area contributed by atoms with Crippen LogP contribution in [0.1, 0.15) is 23.0 Å². The number of aromatic amines is 1. The SMILES string of the molecule is CCOC(=O)c1n[nH]nc1-c1ccc(OCc2ccc(Cl)c(Cl)c2)c([N+](=O)[O-])c1. The number of carbonyl (C=O) groups is 1. The minimum atomic E-state index is -0.682. The fourth-order valence-corrected chi connectivity index (χ4v) is 2.81. The van der Waals surface area contributed by atoms with Crippen molar-refractivity contribution in [3.63, 3.8) is 0 Å². The Kier molecular flexibility index (Phi) is 6.30. The molecule has 150 valence electrons. The van der Waals surface area contributed by atoms with Gasteiger partial charge in [-0.2, -0.15) is 10.3 Å². The van der Waals surface area contributed by atoms with Gasteiger partial charge in [-0.15, -0.1) is 5.10 Å². The van der Waals surface area contributed by atoms with Crippen molar-refractivity contribution in [3.05, 3.63) is 67.8 Å². The summed E-state index contributed by atoms with van der Waals surface area (Å²) in [5.41, 5.74) is 0.794. The van der Waals surface area contributed by atoms with E-state index in [0.29, 0.717) is 21.2 Å². The monoisotopic (exact) mass is 436 g/mol. The zero-order chi connectivity index (χ0) is 21.0. The smallest absolute Gasteiger partial charge is 0.361 e. The van der Waals surface area contributed by atoms with Gasteiger partial charge in [0.15, 0.2) is 11.4 Å². The highest BCUT2D eigenvalue weighted by molar-refractivity contribution is 6.42. The lowest BCUT2D eigenvalue weighted by Crippen LogP contribution is -2.07. The minimum absolute atomic E-state index is 0.0472. The lowest BCUT2D eigenvalue weighted by Gasteiger charge is -2.09. The van der Waals surface area contributed by atoms with Gasteiger partial charge in [-0.1, -0.05) is 29.3 Å². The van der Waals surface area contributed by atoms with Crippen LogP contribution in [0.25, 0.3) is 11.3 Å². The first-order valence-electron chi connectivity index (χ1n) is 8.34. The number of benzene rings is 2. The lowest BCUT2D eigenvalue weighted by atomic mass is 10.1. The number of nitro benzene ring substituents is 1. The highest BCUT2D eigenvalue weighted by Crippen LogP contribution is 2.33. The van der Waals surface area contributed by atoms with Crippen molar-refractivity contribution >= 4 is 34.9 Å². The molecule has 0 bridgehead atoms. The van der Waals surface area contributed by atoms with Crippen molar-refractivity contribution in [2.24, 2.45) is 0 Å². The van der Waals surface area contributed by atoms with E-state index in [0.717, 1.165) is 0 Å². The van der Waals surface area contributed by atoms with Crippen LogP contribution in [0.15, 0.2) is 36.4 Å². The molecule has 0 spiro atoms. The van der Waals surface area contributed by atoms with Crippen molar-refractivity contribution in [2.45, 2.75) is 13.5 Å². The van der Waals surface area contributed by atoms with E-state index in [4.69, 9.17) is 32.7 Å². The van der Waals surface area contributed by atoms with Gasteiger partial charge < -0.3 is 9.47 Å². The molecule has 1 N–H and O–H groups in total. The first-order chi connectivity index (χ1) is 13.9. The maximum absolute atomic E-state index is 12.0. The van der Waals surface area contributed by atoms with Gasteiger partial charge >= 0.3 is 11.7 Å². The molecule has 9 nitrogen and oxygen atoms in total. The summed E-state index contributed by atoms with van der Waals surface area (Å²) in [6.45, 7) is 1.87. The summed E-state index contributed by atoms with van der Waals surface area (Å²) in [6.07, 6.45) is 0. The third-order valence-corrected chi connectivity index (χ3v) is 4.56. The predicted octanol–water partition coefficient (Wildman–Crippen LogP) is 4.44. The second kappa shape index (κ2) is 8.89. The molecule has 11 heteroatoms. The maximum Gasteiger partial charge on any atom is 0.361 e. The molecule has 0 fully saturated rings. The van der Waals surface area contributed by atoms with E-state index in [1.54, 1.807) is 25.1 Å². The Balaban J connectivity index is 1.88. The molecular weight excluding hydrogens is 423 g/mol. The van der Waals surface area contributed by atoms with Gasteiger partial charge in [-0.05, 0) is 36.8 Å². The minimum Gasteiger partial charge on any atom is -0.482 e. The van der Waals surface area contributed by atoms with Crippen molar-refractivity contribution in [1.29, 1.82) is 0 Å². The Hall–Kier alpha value is -3.17. The summed E-state index contributed by atoms with van der Waals surface area (Å²) < 4.78 is 10.5. The third kappa shape index (κ3) is 4.64. The second-order valence-corrected chi connectivity index (χ2v) is 6.53. The number of nitro groups is 1. The van der Waals surface area contributed by atoms with Gasteiger partial charge in [0.1, 0.15) is 12.3 Å². The molecule has 0 aliphatic rings. The van der Waals surface area contributed by atoms with E-state index in [1.165, 1.54) is 18.2 Å². The summed E-state index contributed by atoms with van der Waals surface area (Å²) in [5, 5.41) is 22.3. The Labute approximate surface area is 174 Å². The summed E-state index contributed by atoms with van der Waals surface area (Å²) in [5.74, 6) is -0.634. The average Bonchev–Trinajstić information content (AvgIpc) is 3.19. The maximum atomic E-state index is 12.0. The van der Waals surface area contributed by atoms with Crippen LogP contribution in [0.2, 0.25) is 10.0 Å². The molecule has 0 aliphatic carbocycles. The van der Waals surface area contributed by atoms with E-state index >= 15 is 0 Å². The fraction of sp³-hybridized carbons (Fsp3) is 0.167. The van der Waals surface area contributed by atoms with Crippen LogP contribution in [-0.2, 0) is 11.3 Å². The van der Waals surface area contributed by atoms with Crippen molar-refractivity contribution < 1.29 is 19.2 Å². The van der Waals surface area contributed by atoms with Gasteiger partial charge in [0, 0.05) is 11.6 Å². The molecule has 3 rings (SSSR count). The second-order valence-electron chi connectivity index (χ2n) is 5.72. The molecule has 0 saturated carbocycles. The molecule has 0 unspecified atom stereocenters. The average molecular weight is 437 g/mol. The molecule has 0 aliphatic heterocycles. The molecule has 29 heavy (non-hydrogen) atoms. The quantitative estimate of drug-likeness (QED) is 0.330. The van der Waals surface area contributed by atoms with Gasteiger partial charge in [-0.3, -0.25) is 10.1 Å². The number of aromatic nitrogens is 3. The molecule has 1 aromatic heterocycles. The van der Waals surface area contributed by atoms with Crippen LogP contribution >= 0.6 is 23.2 Å². The Morgan fingerprint density at radius 2 is 1.97 bits per heavy atom. The van der Waals surface area contributed by atoms with E-state index < -0.39 is 10.9 Å². The van der Waals surface area contributed by atoms with Crippen LogP contribution in [0, 0.1) is 10.1 Å². The van der Waals surface area contributed by atoms with Crippen LogP contribution in [0.4, 0.5) is 5.69 Å². The molecule has 0 radical (unpaired) electrons. The number of hydrogen-bond donors (Lipinski definition) is 1. The lowest BCUT2D eigenvalue weighted by molar-refractivity contribution is -0.385. The van der Waals surface area contributed by atoms with Crippen LogP contribution in [-0.4, -0.2) is 32.9 Å². The van der Waals surface area contributed by atoms with E-state index in [9.17, 15) is 14.9 Å². The predicted molar refractivity (Wildman–Crippen MR) is 105 cm³/mol. The normalized spacial score (nSPS) is 10.6. The number of nitrogens with one attached hydrogen (secondary N) is 1. The van der Waals surface area contributed by atoms with Crippen LogP contribution in [0.3, 0.4) is 0 Å². The highest BCUT2D eigenvalue weighted by atomic mass is 35.5. The summed E-state index contributed by atoms with van der Waals surface area (Å²) in [7, 11) is 0. The number of carbonyl (C=O) groups excluding carboxylic acids is 1. The first-order valence-corrected chi connectivity index (χ1v) is 9.09. The molecule has 1 heterocycles. The molecule has 0 amide bonds. The number of rotatable bonds is 7. The molecule has 2 aromatic carbocycles. The number of H-pyrrole nitrogens is 1. The zero-order valence-corrected chi connectivity index (χ0v) is 16.5. The van der Waals surface area contributed by atoms with E-state index in [1.807, 2.05) is 0 Å². The van der Waals surface area contributed by atoms with Gasteiger partial charge in [-0.25, -0.2) is 4.79 Å². The zero-order valence-electron chi connectivity index (χ0n) is 15.0. The van der Waals surface area contributed by atoms with Crippen molar-refractivity contribution in [3.8, 4) is 17.0 Å². The van der Waals surface area contributed by atoms with E-state index in [-0.39, 0.29) is 36.0 Å². The van der Waals surface area contributed by atoms with Gasteiger partial charge in [0.05, 0.1) is 21.6 Å². The highest BCUT2D eigenvalue weighted by Gasteiger charge is 2.23. The Bertz CT molecular complexity index is 1070. The number of nitrogens with zero attached hydrogens (tertiary/aromatic N) is 3. The first kappa shape index (κ1) is 20.6. The number of ether oxygens (including phenoxy) is 2. The van der Waals surface area contributed by atoms with Gasteiger partial charge in [0.25, 0.3) is 0 Å². The van der Waals surface area contributed by atoms with E-state index in [2.05, 4.69) is 15.4 Å². The van der Waals surface area contributed by atoms with Crippen LogP contribution < -0.4 is 4.74 Å². The van der Waals surface area contributed by atoms with Crippen molar-refractivity contribution in [2.75, 3.05) is 6.61 Å². The molecule has 0 atom stereocenters. The van der Waals surface area contributed by atoms with Gasteiger partial charge in [0.2, 0.25) is 0 Å². The molecule has 3 aromatic rings. The Morgan fingerprint density at radius 3 is 2.66 bits per heavy atom. The standard InChI is InChI=1S/C18H14Cl2N4O5/c1-2-28-18(25)17-16(21-23-22-17)11-4-6-15(14(8-11)24(26)27)29-9-10-3-5-12(19)13(20)7-10/h3-8H,2,9H2,1H3,(H,21,22,23). The number of halogens is 2. The summed E-state index contributed by atoms with van der Waals surface area (Å²) in [4.78, 5) is 22.9. The number of esters is 1. The summed E-state index contributed by atoms with van der Waals surface area (Å²) in [6, 6.07) is 9.15. The Morgan fingerprint density at radius 1 is 1.17 bits per heavy atom. The fourth-order valence-electron chi connectivity index (χ4n) is 2.49. The molecular formula is C18H14Cl2N4O5. The van der Waals surface area contributed by atoms with Crippen LogP contribution in [0.5, 0.6) is 5.75 Å². The third-order valence-electron chi connectivity index (χ3n) is 3.82.